The van der Waals surface area contributed by atoms with Gasteiger partial charge in [-0.2, -0.15) is 0 Å². The first kappa shape index (κ1) is 8.43. The van der Waals surface area contributed by atoms with Crippen LogP contribution in [0.4, 0.5) is 5.82 Å². The van der Waals surface area contributed by atoms with Gasteiger partial charge in [-0.25, -0.2) is 9.97 Å². The monoisotopic (exact) mass is 188 g/mol. The van der Waals surface area contributed by atoms with Crippen molar-refractivity contribution in [1.29, 1.82) is 0 Å². The standard InChI is InChI=1S/C9H8N4O/c14-9(7-2-1-4-11-7)13-8-3-5-10-6-12-8/h1-6,11H,(H,10,12,13,14). The molecule has 0 unspecified atom stereocenters. The topological polar surface area (TPSA) is 70.7 Å². The third kappa shape index (κ3) is 1.77. The second-order valence-electron chi connectivity index (χ2n) is 2.63. The molecule has 0 aromatic carbocycles. The number of rotatable bonds is 2. The van der Waals surface area contributed by atoms with Crippen LogP contribution in [0, 0.1) is 0 Å². The van der Waals surface area contributed by atoms with Gasteiger partial charge in [-0.05, 0) is 18.2 Å². The number of carbonyl (C=O) groups is 1. The summed E-state index contributed by atoms with van der Waals surface area (Å²) >= 11 is 0. The highest BCUT2D eigenvalue weighted by atomic mass is 16.1. The van der Waals surface area contributed by atoms with Crippen LogP contribution in [0.25, 0.3) is 0 Å². The van der Waals surface area contributed by atoms with Crippen molar-refractivity contribution in [3.63, 3.8) is 0 Å². The number of nitrogens with one attached hydrogen (secondary N) is 2. The summed E-state index contributed by atoms with van der Waals surface area (Å²) in [5, 5.41) is 2.62. The Morgan fingerprint density at radius 2 is 2.36 bits per heavy atom. The van der Waals surface area contributed by atoms with Gasteiger partial charge in [0.2, 0.25) is 0 Å². The maximum absolute atomic E-state index is 11.5. The summed E-state index contributed by atoms with van der Waals surface area (Å²) in [6, 6.07) is 5.08. The maximum Gasteiger partial charge on any atom is 0.273 e. The Morgan fingerprint density at radius 1 is 1.43 bits per heavy atom. The summed E-state index contributed by atoms with van der Waals surface area (Å²) < 4.78 is 0. The second kappa shape index (κ2) is 3.69. The maximum atomic E-state index is 11.5. The number of amides is 1. The Kier molecular flexibility index (Phi) is 2.22. The van der Waals surface area contributed by atoms with E-state index >= 15 is 0 Å². The average Bonchev–Trinajstić information content (AvgIpc) is 2.72. The molecule has 2 N–H and O–H groups in total. The Morgan fingerprint density at radius 3 is 3.00 bits per heavy atom. The zero-order valence-corrected chi connectivity index (χ0v) is 7.27. The van der Waals surface area contributed by atoms with Crippen molar-refractivity contribution in [3.05, 3.63) is 42.6 Å². The fraction of sp³-hybridized carbons (Fsp3) is 0. The molecule has 5 heteroatoms. The van der Waals surface area contributed by atoms with E-state index < -0.39 is 0 Å². The molecule has 0 saturated heterocycles. The molecule has 0 aliphatic rings. The first-order valence-corrected chi connectivity index (χ1v) is 4.07. The molecule has 2 heterocycles. The van der Waals surface area contributed by atoms with Crippen molar-refractivity contribution < 1.29 is 4.79 Å². The Bertz CT molecular complexity index is 410. The van der Waals surface area contributed by atoms with E-state index in [1.807, 2.05) is 0 Å². The molecule has 1 amide bonds. The SMILES string of the molecule is O=C(Nc1ccncn1)c1ccc[nH]1. The third-order valence-corrected chi connectivity index (χ3v) is 1.67. The lowest BCUT2D eigenvalue weighted by atomic mass is 10.4. The quantitative estimate of drug-likeness (QED) is 0.740. The van der Waals surface area contributed by atoms with Crippen LogP contribution in [0.5, 0.6) is 0 Å². The van der Waals surface area contributed by atoms with Crippen molar-refractivity contribution in [2.75, 3.05) is 5.32 Å². The van der Waals surface area contributed by atoms with Crippen molar-refractivity contribution >= 4 is 11.7 Å². The minimum Gasteiger partial charge on any atom is -0.357 e. The number of nitrogens with zero attached hydrogens (tertiary/aromatic N) is 2. The van der Waals surface area contributed by atoms with E-state index in [1.165, 1.54) is 6.33 Å². The van der Waals surface area contributed by atoms with E-state index in [0.717, 1.165) is 0 Å². The van der Waals surface area contributed by atoms with Gasteiger partial charge in [0, 0.05) is 12.4 Å². The Balaban J connectivity index is 2.10. The van der Waals surface area contributed by atoms with Crippen molar-refractivity contribution in [3.8, 4) is 0 Å². The van der Waals surface area contributed by atoms with Crippen LogP contribution in [-0.4, -0.2) is 20.9 Å². The van der Waals surface area contributed by atoms with Crippen LogP contribution in [0.15, 0.2) is 36.9 Å². The van der Waals surface area contributed by atoms with Gasteiger partial charge in [0.15, 0.2) is 0 Å². The highest BCUT2D eigenvalue weighted by Gasteiger charge is 2.05. The number of hydrogen-bond donors (Lipinski definition) is 2. The summed E-state index contributed by atoms with van der Waals surface area (Å²) in [6.45, 7) is 0. The van der Waals surface area contributed by atoms with Gasteiger partial charge in [-0.15, -0.1) is 0 Å². The largest absolute Gasteiger partial charge is 0.357 e. The fourth-order valence-corrected chi connectivity index (χ4v) is 1.02. The first-order valence-electron chi connectivity index (χ1n) is 4.07. The van der Waals surface area contributed by atoms with Crippen molar-refractivity contribution in [2.24, 2.45) is 0 Å². The summed E-state index contributed by atoms with van der Waals surface area (Å²) in [5.41, 5.74) is 0.503. The van der Waals surface area contributed by atoms with Crippen LogP contribution in [0.3, 0.4) is 0 Å². The number of aromatic amines is 1. The number of anilines is 1. The third-order valence-electron chi connectivity index (χ3n) is 1.67. The number of aromatic nitrogens is 3. The van der Waals surface area contributed by atoms with Crippen molar-refractivity contribution in [1.82, 2.24) is 15.0 Å². The predicted octanol–water partition coefficient (Wildman–Crippen LogP) is 1.06. The zero-order valence-electron chi connectivity index (χ0n) is 7.27. The molecule has 2 aromatic heterocycles. The summed E-state index contributed by atoms with van der Waals surface area (Å²) in [5.74, 6) is 0.272. The normalized spacial score (nSPS) is 9.71. The van der Waals surface area contributed by atoms with E-state index in [4.69, 9.17) is 0 Å². The molecule has 2 rings (SSSR count). The molecule has 0 atom stereocenters. The van der Waals surface area contributed by atoms with E-state index in [2.05, 4.69) is 20.3 Å². The van der Waals surface area contributed by atoms with Gasteiger partial charge in [0.1, 0.15) is 17.8 Å². The molecule has 0 spiro atoms. The molecule has 2 aromatic rings. The minimum atomic E-state index is -0.214. The molecule has 0 bridgehead atoms. The highest BCUT2D eigenvalue weighted by Crippen LogP contribution is 2.02. The molecule has 0 saturated carbocycles. The molecule has 0 aliphatic carbocycles. The average molecular weight is 188 g/mol. The number of H-pyrrole nitrogens is 1. The first-order chi connectivity index (χ1) is 6.86. The predicted molar refractivity (Wildman–Crippen MR) is 50.8 cm³/mol. The lowest BCUT2D eigenvalue weighted by Crippen LogP contribution is -2.13. The van der Waals surface area contributed by atoms with E-state index in [0.29, 0.717) is 11.5 Å². The molecule has 0 fully saturated rings. The molecular weight excluding hydrogens is 180 g/mol. The van der Waals surface area contributed by atoms with Crippen molar-refractivity contribution in [2.45, 2.75) is 0 Å². The molecule has 14 heavy (non-hydrogen) atoms. The molecule has 70 valence electrons. The van der Waals surface area contributed by atoms with Crippen LogP contribution in [0.2, 0.25) is 0 Å². The van der Waals surface area contributed by atoms with E-state index in [1.54, 1.807) is 30.6 Å². The number of carbonyl (C=O) groups excluding carboxylic acids is 1. The van der Waals surface area contributed by atoms with Crippen LogP contribution in [0.1, 0.15) is 10.5 Å². The Labute approximate surface area is 80.2 Å². The van der Waals surface area contributed by atoms with E-state index in [9.17, 15) is 4.79 Å². The van der Waals surface area contributed by atoms with Gasteiger partial charge in [0.25, 0.3) is 5.91 Å². The summed E-state index contributed by atoms with van der Waals surface area (Å²) in [4.78, 5) is 21.9. The second-order valence-corrected chi connectivity index (χ2v) is 2.63. The van der Waals surface area contributed by atoms with Crippen LogP contribution < -0.4 is 5.32 Å². The fourth-order valence-electron chi connectivity index (χ4n) is 1.02. The van der Waals surface area contributed by atoms with Gasteiger partial charge >= 0.3 is 0 Å². The molecule has 0 aliphatic heterocycles. The Hall–Kier alpha value is -2.17. The lowest BCUT2D eigenvalue weighted by Gasteiger charge is -2.00. The number of hydrogen-bond acceptors (Lipinski definition) is 3. The van der Waals surface area contributed by atoms with E-state index in [-0.39, 0.29) is 5.91 Å². The van der Waals surface area contributed by atoms with Crippen LogP contribution >= 0.6 is 0 Å². The smallest absolute Gasteiger partial charge is 0.273 e. The highest BCUT2D eigenvalue weighted by molar-refractivity contribution is 6.02. The van der Waals surface area contributed by atoms with Gasteiger partial charge in [0.05, 0.1) is 0 Å². The zero-order chi connectivity index (χ0) is 9.80. The van der Waals surface area contributed by atoms with Gasteiger partial charge in [-0.3, -0.25) is 4.79 Å². The minimum absolute atomic E-state index is 0.214. The molecule has 0 radical (unpaired) electrons. The van der Waals surface area contributed by atoms with Gasteiger partial charge < -0.3 is 10.3 Å². The van der Waals surface area contributed by atoms with Crippen LogP contribution in [-0.2, 0) is 0 Å². The molecular formula is C9H8N4O. The lowest BCUT2D eigenvalue weighted by molar-refractivity contribution is 0.102. The summed E-state index contributed by atoms with van der Waals surface area (Å²) in [7, 11) is 0. The molecule has 5 nitrogen and oxygen atoms in total. The van der Waals surface area contributed by atoms with Gasteiger partial charge in [-0.1, -0.05) is 0 Å². The summed E-state index contributed by atoms with van der Waals surface area (Å²) in [6.07, 6.45) is 4.64.